The van der Waals surface area contributed by atoms with Crippen LogP contribution in [0.1, 0.15) is 25.7 Å². The molecule has 1 aliphatic rings. The predicted octanol–water partition coefficient (Wildman–Crippen LogP) is 4.79. The van der Waals surface area contributed by atoms with E-state index in [4.69, 9.17) is 21.1 Å². The lowest BCUT2D eigenvalue weighted by molar-refractivity contribution is 0.136. The predicted molar refractivity (Wildman–Crippen MR) is 125 cm³/mol. The number of nitrogens with one attached hydrogen (secondary N) is 3. The molecule has 10 heteroatoms. The SMILES string of the molecule is CNC(=O)NC1CCC(Oc2cc3c(Nc4ccc(F)c(Cl)c4)ncnc3cc2OC)CC1. The number of urea groups is 1. The number of rotatable bonds is 6. The second-order valence-corrected chi connectivity index (χ2v) is 8.22. The largest absolute Gasteiger partial charge is 0.493 e. The molecule has 0 atom stereocenters. The van der Waals surface area contributed by atoms with Gasteiger partial charge in [-0.3, -0.25) is 0 Å². The van der Waals surface area contributed by atoms with E-state index in [1.807, 2.05) is 6.07 Å². The zero-order valence-electron chi connectivity index (χ0n) is 18.3. The fourth-order valence-corrected chi connectivity index (χ4v) is 4.07. The van der Waals surface area contributed by atoms with Crippen LogP contribution in [0.3, 0.4) is 0 Å². The topological polar surface area (TPSA) is 97.4 Å². The molecular formula is C23H25ClFN5O3. The molecular weight excluding hydrogens is 449 g/mol. The van der Waals surface area contributed by atoms with Gasteiger partial charge in [0.15, 0.2) is 11.5 Å². The maximum Gasteiger partial charge on any atom is 0.314 e. The normalized spacial score (nSPS) is 17.9. The molecule has 3 aromatic rings. The van der Waals surface area contributed by atoms with Gasteiger partial charge >= 0.3 is 6.03 Å². The quantitative estimate of drug-likeness (QED) is 0.476. The molecule has 0 bridgehead atoms. The lowest BCUT2D eigenvalue weighted by Crippen LogP contribution is -2.43. The van der Waals surface area contributed by atoms with E-state index in [2.05, 4.69) is 25.9 Å². The van der Waals surface area contributed by atoms with Crippen LogP contribution in [0.25, 0.3) is 10.9 Å². The molecule has 2 aromatic carbocycles. The van der Waals surface area contributed by atoms with E-state index in [0.717, 1.165) is 31.1 Å². The Bertz CT molecular complexity index is 1150. The van der Waals surface area contributed by atoms with Gasteiger partial charge in [-0.1, -0.05) is 11.6 Å². The Morgan fingerprint density at radius 2 is 1.91 bits per heavy atom. The number of hydrogen-bond donors (Lipinski definition) is 3. The Labute approximate surface area is 195 Å². The molecule has 33 heavy (non-hydrogen) atoms. The highest BCUT2D eigenvalue weighted by atomic mass is 35.5. The highest BCUT2D eigenvalue weighted by Gasteiger charge is 2.24. The first-order valence-electron chi connectivity index (χ1n) is 10.7. The number of benzene rings is 2. The first-order valence-corrected chi connectivity index (χ1v) is 11.0. The molecule has 1 saturated carbocycles. The first kappa shape index (κ1) is 22.8. The molecule has 0 saturated heterocycles. The monoisotopic (exact) mass is 473 g/mol. The van der Waals surface area contributed by atoms with Gasteiger partial charge in [0, 0.05) is 30.2 Å². The summed E-state index contributed by atoms with van der Waals surface area (Å²) in [6.07, 6.45) is 4.71. The number of fused-ring (bicyclic) bond motifs is 1. The number of carbonyl (C=O) groups is 1. The van der Waals surface area contributed by atoms with Crippen molar-refractivity contribution in [2.45, 2.75) is 37.8 Å². The Morgan fingerprint density at radius 1 is 1.12 bits per heavy atom. The molecule has 174 valence electrons. The molecule has 3 N–H and O–H groups in total. The minimum absolute atomic E-state index is 0.00367. The van der Waals surface area contributed by atoms with Crippen LogP contribution in [0.5, 0.6) is 11.5 Å². The Balaban J connectivity index is 1.55. The van der Waals surface area contributed by atoms with Crippen molar-refractivity contribution in [3.63, 3.8) is 0 Å². The van der Waals surface area contributed by atoms with Crippen LogP contribution < -0.4 is 25.4 Å². The van der Waals surface area contributed by atoms with Crippen LogP contribution in [0.4, 0.5) is 20.7 Å². The smallest absolute Gasteiger partial charge is 0.314 e. The van der Waals surface area contributed by atoms with E-state index in [0.29, 0.717) is 28.5 Å². The summed E-state index contributed by atoms with van der Waals surface area (Å²) >= 11 is 5.91. The summed E-state index contributed by atoms with van der Waals surface area (Å²) in [7, 11) is 3.19. The second kappa shape index (κ2) is 10.1. The van der Waals surface area contributed by atoms with Gasteiger partial charge in [-0.2, -0.15) is 0 Å². The number of ether oxygens (including phenoxy) is 2. The Morgan fingerprint density at radius 3 is 2.61 bits per heavy atom. The lowest BCUT2D eigenvalue weighted by Gasteiger charge is -2.29. The maximum absolute atomic E-state index is 13.5. The van der Waals surface area contributed by atoms with Gasteiger partial charge in [-0.15, -0.1) is 0 Å². The van der Waals surface area contributed by atoms with E-state index in [1.165, 1.54) is 18.5 Å². The highest BCUT2D eigenvalue weighted by Crippen LogP contribution is 2.37. The zero-order chi connectivity index (χ0) is 23.4. The fourth-order valence-electron chi connectivity index (χ4n) is 3.89. The van der Waals surface area contributed by atoms with Gasteiger partial charge in [0.2, 0.25) is 0 Å². The van der Waals surface area contributed by atoms with Gasteiger partial charge in [-0.05, 0) is 49.9 Å². The van der Waals surface area contributed by atoms with E-state index < -0.39 is 5.82 Å². The third kappa shape index (κ3) is 5.36. The summed E-state index contributed by atoms with van der Waals surface area (Å²) in [5.41, 5.74) is 1.27. The number of halogens is 2. The van der Waals surface area contributed by atoms with Crippen molar-refractivity contribution in [1.82, 2.24) is 20.6 Å². The third-order valence-electron chi connectivity index (χ3n) is 5.63. The van der Waals surface area contributed by atoms with Crippen molar-refractivity contribution in [3.05, 3.63) is 47.5 Å². The fraction of sp³-hybridized carbons (Fsp3) is 0.348. The standard InChI is InChI=1S/C23H25ClFN5O3/c1-26-23(31)30-13-3-6-15(7-4-13)33-21-10-16-19(11-20(21)32-2)27-12-28-22(16)29-14-5-8-18(25)17(24)9-14/h5,8-13,15H,3-4,6-7H2,1-2H3,(H2,26,30,31)(H,27,28,29). The van der Waals surface area contributed by atoms with Crippen molar-refractivity contribution in [1.29, 1.82) is 0 Å². The summed E-state index contributed by atoms with van der Waals surface area (Å²) in [5, 5.41) is 9.44. The molecule has 0 unspecified atom stereocenters. The maximum atomic E-state index is 13.5. The number of carbonyl (C=O) groups excluding carboxylic acids is 1. The number of hydrogen-bond acceptors (Lipinski definition) is 6. The van der Waals surface area contributed by atoms with Crippen LogP contribution in [0.2, 0.25) is 5.02 Å². The van der Waals surface area contributed by atoms with Crippen LogP contribution in [0, 0.1) is 5.82 Å². The van der Waals surface area contributed by atoms with Gasteiger partial charge in [0.05, 0.1) is 23.8 Å². The summed E-state index contributed by atoms with van der Waals surface area (Å²) < 4.78 is 25.4. The van der Waals surface area contributed by atoms with Crippen LogP contribution in [-0.4, -0.2) is 42.3 Å². The van der Waals surface area contributed by atoms with E-state index in [9.17, 15) is 9.18 Å². The minimum atomic E-state index is -0.490. The van der Waals surface area contributed by atoms with E-state index in [1.54, 1.807) is 26.3 Å². The Kier molecular flexibility index (Phi) is 6.98. The van der Waals surface area contributed by atoms with Crippen LogP contribution in [-0.2, 0) is 0 Å². The van der Waals surface area contributed by atoms with Crippen molar-refractivity contribution in [2.24, 2.45) is 0 Å². The number of nitrogens with zero attached hydrogens (tertiary/aromatic N) is 2. The average molecular weight is 474 g/mol. The Hall–Kier alpha value is -3.33. The second-order valence-electron chi connectivity index (χ2n) is 7.81. The zero-order valence-corrected chi connectivity index (χ0v) is 19.1. The van der Waals surface area contributed by atoms with Gasteiger partial charge in [0.25, 0.3) is 0 Å². The number of anilines is 2. The van der Waals surface area contributed by atoms with Crippen LogP contribution in [0.15, 0.2) is 36.7 Å². The molecule has 0 spiro atoms. The van der Waals surface area contributed by atoms with Crippen molar-refractivity contribution < 1.29 is 18.7 Å². The molecule has 1 heterocycles. The summed E-state index contributed by atoms with van der Waals surface area (Å²) in [6.45, 7) is 0. The van der Waals surface area contributed by atoms with E-state index >= 15 is 0 Å². The average Bonchev–Trinajstić information content (AvgIpc) is 2.82. The van der Waals surface area contributed by atoms with Crippen LogP contribution >= 0.6 is 11.6 Å². The van der Waals surface area contributed by atoms with Crippen molar-refractivity contribution in [2.75, 3.05) is 19.5 Å². The summed E-state index contributed by atoms with van der Waals surface area (Å²) in [5.74, 6) is 1.20. The molecule has 0 aliphatic heterocycles. The first-order chi connectivity index (χ1) is 16.0. The molecule has 0 radical (unpaired) electrons. The number of methoxy groups -OCH3 is 1. The van der Waals surface area contributed by atoms with Crippen molar-refractivity contribution >= 4 is 40.0 Å². The van der Waals surface area contributed by atoms with E-state index in [-0.39, 0.29) is 23.2 Å². The molecule has 1 fully saturated rings. The van der Waals surface area contributed by atoms with Gasteiger partial charge in [-0.25, -0.2) is 19.2 Å². The lowest BCUT2D eigenvalue weighted by atomic mass is 9.93. The summed E-state index contributed by atoms with van der Waals surface area (Å²) in [4.78, 5) is 20.2. The molecule has 2 amide bonds. The van der Waals surface area contributed by atoms with Gasteiger partial charge < -0.3 is 25.4 Å². The van der Waals surface area contributed by atoms with Gasteiger partial charge in [0.1, 0.15) is 18.0 Å². The number of amides is 2. The summed E-state index contributed by atoms with van der Waals surface area (Å²) in [6, 6.07) is 7.98. The third-order valence-corrected chi connectivity index (χ3v) is 5.92. The minimum Gasteiger partial charge on any atom is -0.493 e. The highest BCUT2D eigenvalue weighted by molar-refractivity contribution is 6.31. The molecule has 8 nitrogen and oxygen atoms in total. The molecule has 1 aromatic heterocycles. The molecule has 4 rings (SSSR count). The number of aromatic nitrogens is 2. The molecule has 1 aliphatic carbocycles. The van der Waals surface area contributed by atoms with Crippen molar-refractivity contribution in [3.8, 4) is 11.5 Å².